The number of nitro groups is 1. The van der Waals surface area contributed by atoms with Crippen molar-refractivity contribution in [2.45, 2.75) is 0 Å². The number of benzene rings is 1. The molecule has 0 bridgehead atoms. The van der Waals surface area contributed by atoms with Crippen LogP contribution in [-0.4, -0.2) is 30.0 Å². The Kier molecular flexibility index (Phi) is 5.24. The van der Waals surface area contributed by atoms with Gasteiger partial charge in [0.2, 0.25) is 0 Å². The van der Waals surface area contributed by atoms with Gasteiger partial charge in [0.1, 0.15) is 0 Å². The standard InChI is InChI=1S/C10H11BrN4O4/c11-7-2-1-6(5-8(7)15(18)19)9(16)13-3-4-14-10(12)17/h1-2,5H,3-4H2,(H,13,16)(H3,12,14,17). The highest BCUT2D eigenvalue weighted by Crippen LogP contribution is 2.25. The van der Waals surface area contributed by atoms with E-state index in [0.717, 1.165) is 0 Å². The molecule has 0 fully saturated rings. The first-order valence-electron chi connectivity index (χ1n) is 5.17. The average Bonchev–Trinajstić information content (AvgIpc) is 2.34. The van der Waals surface area contributed by atoms with E-state index < -0.39 is 16.9 Å². The molecule has 1 aromatic rings. The Labute approximate surface area is 116 Å². The van der Waals surface area contributed by atoms with Crippen molar-refractivity contribution in [1.29, 1.82) is 0 Å². The number of carbonyl (C=O) groups is 2. The van der Waals surface area contributed by atoms with Crippen LogP contribution in [0.15, 0.2) is 22.7 Å². The van der Waals surface area contributed by atoms with Gasteiger partial charge in [0.15, 0.2) is 0 Å². The van der Waals surface area contributed by atoms with Gasteiger partial charge in [-0.05, 0) is 28.1 Å². The Bertz CT molecular complexity index is 520. The minimum absolute atomic E-state index is 0.161. The Morgan fingerprint density at radius 2 is 1.95 bits per heavy atom. The zero-order chi connectivity index (χ0) is 14.4. The summed E-state index contributed by atoms with van der Waals surface area (Å²) < 4.78 is 0.296. The summed E-state index contributed by atoms with van der Waals surface area (Å²) in [5.41, 5.74) is 4.82. The summed E-state index contributed by atoms with van der Waals surface area (Å²) in [6, 6.07) is 3.36. The van der Waals surface area contributed by atoms with Crippen LogP contribution in [0.2, 0.25) is 0 Å². The van der Waals surface area contributed by atoms with Crippen molar-refractivity contribution in [3.63, 3.8) is 0 Å². The number of nitro benzene ring substituents is 1. The van der Waals surface area contributed by atoms with Crippen molar-refractivity contribution in [3.05, 3.63) is 38.3 Å². The maximum atomic E-state index is 11.7. The maximum Gasteiger partial charge on any atom is 0.312 e. The van der Waals surface area contributed by atoms with Crippen LogP contribution in [0.1, 0.15) is 10.4 Å². The quantitative estimate of drug-likeness (QED) is 0.418. The lowest BCUT2D eigenvalue weighted by atomic mass is 10.2. The maximum absolute atomic E-state index is 11.7. The second kappa shape index (κ2) is 6.69. The van der Waals surface area contributed by atoms with Gasteiger partial charge in [0, 0.05) is 24.7 Å². The Morgan fingerprint density at radius 3 is 2.53 bits per heavy atom. The largest absolute Gasteiger partial charge is 0.352 e. The minimum Gasteiger partial charge on any atom is -0.352 e. The molecule has 0 aromatic heterocycles. The molecule has 0 unspecified atom stereocenters. The molecule has 0 heterocycles. The third-order valence-corrected chi connectivity index (χ3v) is 2.79. The molecule has 1 rings (SSSR count). The topological polar surface area (TPSA) is 127 Å². The Balaban J connectivity index is 2.65. The van der Waals surface area contributed by atoms with Crippen LogP contribution in [0.4, 0.5) is 10.5 Å². The number of rotatable bonds is 5. The third kappa shape index (κ3) is 4.54. The van der Waals surface area contributed by atoms with E-state index >= 15 is 0 Å². The number of nitrogens with zero attached hydrogens (tertiary/aromatic N) is 1. The van der Waals surface area contributed by atoms with E-state index in [1.165, 1.54) is 18.2 Å². The van der Waals surface area contributed by atoms with Gasteiger partial charge in [-0.2, -0.15) is 0 Å². The highest BCUT2D eigenvalue weighted by Gasteiger charge is 2.15. The number of nitrogens with two attached hydrogens (primary N) is 1. The van der Waals surface area contributed by atoms with Crippen molar-refractivity contribution in [1.82, 2.24) is 10.6 Å². The van der Waals surface area contributed by atoms with Gasteiger partial charge in [0.05, 0.1) is 9.40 Å². The molecule has 3 amide bonds. The Morgan fingerprint density at radius 1 is 1.32 bits per heavy atom. The molecule has 0 aliphatic rings. The van der Waals surface area contributed by atoms with Crippen LogP contribution in [-0.2, 0) is 0 Å². The second-order valence-electron chi connectivity index (χ2n) is 3.47. The average molecular weight is 331 g/mol. The summed E-state index contributed by atoms with van der Waals surface area (Å²) in [7, 11) is 0. The molecule has 0 radical (unpaired) electrons. The van der Waals surface area contributed by atoms with Crippen LogP contribution >= 0.6 is 15.9 Å². The monoisotopic (exact) mass is 330 g/mol. The number of nitrogens with one attached hydrogen (secondary N) is 2. The molecule has 9 heteroatoms. The first kappa shape index (κ1) is 14.9. The third-order valence-electron chi connectivity index (χ3n) is 2.11. The van der Waals surface area contributed by atoms with E-state index in [4.69, 9.17) is 5.73 Å². The molecular weight excluding hydrogens is 320 g/mol. The molecule has 102 valence electrons. The smallest absolute Gasteiger partial charge is 0.312 e. The van der Waals surface area contributed by atoms with Gasteiger partial charge in [-0.15, -0.1) is 0 Å². The van der Waals surface area contributed by atoms with Gasteiger partial charge >= 0.3 is 6.03 Å². The lowest BCUT2D eigenvalue weighted by molar-refractivity contribution is -0.385. The predicted octanol–water partition coefficient (Wildman–Crippen LogP) is 0.755. The van der Waals surface area contributed by atoms with Crippen molar-refractivity contribution >= 4 is 33.6 Å². The summed E-state index contributed by atoms with van der Waals surface area (Å²) >= 11 is 3.03. The molecule has 0 aliphatic carbocycles. The van der Waals surface area contributed by atoms with Crippen molar-refractivity contribution in [2.24, 2.45) is 5.73 Å². The summed E-state index contributed by atoms with van der Waals surface area (Å²) in [5, 5.41) is 15.5. The van der Waals surface area contributed by atoms with Crippen molar-refractivity contribution < 1.29 is 14.5 Å². The van der Waals surface area contributed by atoms with Crippen LogP contribution in [0.25, 0.3) is 0 Å². The van der Waals surface area contributed by atoms with Gasteiger partial charge < -0.3 is 16.4 Å². The first-order valence-corrected chi connectivity index (χ1v) is 5.96. The van der Waals surface area contributed by atoms with Gasteiger partial charge in [-0.3, -0.25) is 14.9 Å². The number of primary amides is 1. The summed E-state index contributed by atoms with van der Waals surface area (Å²) in [6.45, 7) is 0.353. The first-order chi connectivity index (χ1) is 8.91. The van der Waals surface area contributed by atoms with Crippen LogP contribution < -0.4 is 16.4 Å². The molecule has 4 N–H and O–H groups in total. The molecule has 19 heavy (non-hydrogen) atoms. The SMILES string of the molecule is NC(=O)NCCNC(=O)c1ccc(Br)c([N+](=O)[O-])c1. The van der Waals surface area contributed by atoms with E-state index in [2.05, 4.69) is 26.6 Å². The van der Waals surface area contributed by atoms with Crippen LogP contribution in [0.5, 0.6) is 0 Å². The lowest BCUT2D eigenvalue weighted by Crippen LogP contribution is -2.37. The highest BCUT2D eigenvalue weighted by molar-refractivity contribution is 9.10. The number of halogens is 1. The fourth-order valence-corrected chi connectivity index (χ4v) is 1.65. The van der Waals surface area contributed by atoms with E-state index in [0.29, 0.717) is 4.47 Å². The normalized spacial score (nSPS) is 9.74. The number of hydrogen-bond acceptors (Lipinski definition) is 4. The van der Waals surface area contributed by atoms with E-state index in [-0.39, 0.29) is 24.3 Å². The second-order valence-corrected chi connectivity index (χ2v) is 4.32. The van der Waals surface area contributed by atoms with Crippen LogP contribution in [0, 0.1) is 10.1 Å². The lowest BCUT2D eigenvalue weighted by Gasteiger charge is -2.06. The predicted molar refractivity (Wildman–Crippen MR) is 70.7 cm³/mol. The van der Waals surface area contributed by atoms with Crippen LogP contribution in [0.3, 0.4) is 0 Å². The number of carbonyl (C=O) groups excluding carboxylic acids is 2. The summed E-state index contributed by atoms with van der Waals surface area (Å²) in [6.07, 6.45) is 0. The highest BCUT2D eigenvalue weighted by atomic mass is 79.9. The molecule has 0 saturated carbocycles. The van der Waals surface area contributed by atoms with E-state index in [1.807, 2.05) is 0 Å². The van der Waals surface area contributed by atoms with Crippen molar-refractivity contribution in [2.75, 3.05) is 13.1 Å². The number of amides is 3. The Hall–Kier alpha value is -2.16. The zero-order valence-electron chi connectivity index (χ0n) is 9.68. The van der Waals surface area contributed by atoms with Gasteiger partial charge in [-0.1, -0.05) is 0 Å². The fraction of sp³-hybridized carbons (Fsp3) is 0.200. The molecule has 0 atom stereocenters. The molecule has 0 spiro atoms. The molecule has 0 saturated heterocycles. The zero-order valence-corrected chi connectivity index (χ0v) is 11.3. The number of hydrogen-bond donors (Lipinski definition) is 3. The van der Waals surface area contributed by atoms with Gasteiger partial charge in [-0.25, -0.2) is 4.79 Å². The molecule has 0 aliphatic heterocycles. The van der Waals surface area contributed by atoms with Gasteiger partial charge in [0.25, 0.3) is 11.6 Å². The molecule has 1 aromatic carbocycles. The molecular formula is C10H11BrN4O4. The molecule has 8 nitrogen and oxygen atoms in total. The fourth-order valence-electron chi connectivity index (χ4n) is 1.26. The van der Waals surface area contributed by atoms with Crippen molar-refractivity contribution in [3.8, 4) is 0 Å². The van der Waals surface area contributed by atoms with E-state index in [9.17, 15) is 19.7 Å². The minimum atomic E-state index is -0.687. The summed E-state index contributed by atoms with van der Waals surface area (Å²) in [5.74, 6) is -0.470. The summed E-state index contributed by atoms with van der Waals surface area (Å²) in [4.78, 5) is 32.2. The number of urea groups is 1. The van der Waals surface area contributed by atoms with E-state index in [1.54, 1.807) is 0 Å².